The molecule has 0 N–H and O–H groups in total. The Morgan fingerprint density at radius 2 is 1.44 bits per heavy atom. The number of hydrogen-bond acceptors (Lipinski definition) is 2. The van der Waals surface area contributed by atoms with Gasteiger partial charge in [0.1, 0.15) is 10.5 Å². The van der Waals surface area contributed by atoms with E-state index in [1.165, 1.54) is 0 Å². The van der Waals surface area contributed by atoms with Gasteiger partial charge in [-0.15, -0.1) is 0 Å². The van der Waals surface area contributed by atoms with E-state index in [4.69, 9.17) is 17.1 Å². The van der Waals surface area contributed by atoms with Crippen LogP contribution in [0, 0.1) is 5.41 Å². The van der Waals surface area contributed by atoms with Gasteiger partial charge >= 0.3 is 0 Å². The highest BCUT2D eigenvalue weighted by Gasteiger charge is 2.52. The zero-order chi connectivity index (χ0) is 13.4. The van der Waals surface area contributed by atoms with Crippen LogP contribution in [0.1, 0.15) is 41.0 Å². The maximum absolute atomic E-state index is 5.87. The molecule has 16 heavy (non-hydrogen) atoms. The molecule has 0 aromatic carbocycles. The SMILES string of the molecule is CC(C)(C)C[C@](S)(C(C)(C)O[SiH3])[Si](C)(C)C. The summed E-state index contributed by atoms with van der Waals surface area (Å²) in [4.78, 5) is 0. The molecule has 0 rings (SSSR count). The molecule has 0 aromatic heterocycles. The van der Waals surface area contributed by atoms with Gasteiger partial charge in [-0.25, -0.2) is 0 Å². The van der Waals surface area contributed by atoms with Crippen LogP contribution in [0.15, 0.2) is 0 Å². The Hall–Kier alpha value is 0.744. The minimum absolute atomic E-state index is 0.0139. The minimum Gasteiger partial charge on any atom is -0.422 e. The van der Waals surface area contributed by atoms with Crippen molar-refractivity contribution in [2.24, 2.45) is 5.41 Å². The van der Waals surface area contributed by atoms with Crippen molar-refractivity contribution in [3.05, 3.63) is 0 Å². The predicted molar refractivity (Wildman–Crippen MR) is 84.2 cm³/mol. The zero-order valence-electron chi connectivity index (χ0n) is 12.6. The first-order valence-electron chi connectivity index (χ1n) is 6.04. The van der Waals surface area contributed by atoms with Crippen LogP contribution < -0.4 is 0 Å². The van der Waals surface area contributed by atoms with Gasteiger partial charge in [0.25, 0.3) is 0 Å². The van der Waals surface area contributed by atoms with Crippen LogP contribution in [0.25, 0.3) is 0 Å². The van der Waals surface area contributed by atoms with Crippen molar-refractivity contribution in [1.82, 2.24) is 0 Å². The summed E-state index contributed by atoms with van der Waals surface area (Å²) < 4.78 is 5.89. The van der Waals surface area contributed by atoms with Crippen molar-refractivity contribution in [2.45, 2.75) is 70.7 Å². The molecule has 0 bridgehead atoms. The van der Waals surface area contributed by atoms with Crippen LogP contribution in [0.5, 0.6) is 0 Å². The highest BCUT2D eigenvalue weighted by atomic mass is 32.1. The summed E-state index contributed by atoms with van der Waals surface area (Å²) in [6.45, 7) is 18.5. The fourth-order valence-corrected chi connectivity index (χ4v) is 6.58. The van der Waals surface area contributed by atoms with E-state index in [9.17, 15) is 0 Å². The van der Waals surface area contributed by atoms with Gasteiger partial charge in [0.05, 0.1) is 13.7 Å². The van der Waals surface area contributed by atoms with Gasteiger partial charge in [-0.2, -0.15) is 12.6 Å². The third kappa shape index (κ3) is 3.62. The summed E-state index contributed by atoms with van der Waals surface area (Å²) in [5.74, 6) is 0. The highest BCUT2D eigenvalue weighted by molar-refractivity contribution is 7.84. The number of hydrogen-bond donors (Lipinski definition) is 1. The Balaban J connectivity index is 5.39. The highest BCUT2D eigenvalue weighted by Crippen LogP contribution is 2.46. The molecule has 0 fully saturated rings. The molecule has 0 amide bonds. The Morgan fingerprint density at radius 1 is 1.06 bits per heavy atom. The molecule has 1 nitrogen and oxygen atoms in total. The average molecular weight is 279 g/mol. The van der Waals surface area contributed by atoms with Gasteiger partial charge in [0.15, 0.2) is 0 Å². The van der Waals surface area contributed by atoms with Gasteiger partial charge in [-0.3, -0.25) is 0 Å². The third-order valence-corrected chi connectivity index (χ3v) is 10.5. The summed E-state index contributed by atoms with van der Waals surface area (Å²) >= 11 is 5.11. The lowest BCUT2D eigenvalue weighted by Crippen LogP contribution is -2.63. The lowest BCUT2D eigenvalue weighted by Gasteiger charge is -2.53. The van der Waals surface area contributed by atoms with Crippen molar-refractivity contribution in [1.29, 1.82) is 0 Å². The first-order valence-corrected chi connectivity index (χ1v) is 10.8. The maximum atomic E-state index is 5.87. The van der Waals surface area contributed by atoms with Crippen molar-refractivity contribution in [3.8, 4) is 0 Å². The molecular weight excluding hydrogens is 248 g/mol. The van der Waals surface area contributed by atoms with Crippen LogP contribution in [0.2, 0.25) is 19.6 Å². The van der Waals surface area contributed by atoms with Crippen LogP contribution in [0.3, 0.4) is 0 Å². The third-order valence-electron chi connectivity index (χ3n) is 3.53. The largest absolute Gasteiger partial charge is 0.422 e. The summed E-state index contributed by atoms with van der Waals surface area (Å²) in [7, 11) is -0.639. The van der Waals surface area contributed by atoms with Crippen LogP contribution in [-0.4, -0.2) is 28.5 Å². The molecule has 0 spiro atoms. The molecule has 1 atom stereocenters. The van der Waals surface area contributed by atoms with Gasteiger partial charge in [0.2, 0.25) is 0 Å². The van der Waals surface area contributed by atoms with E-state index in [1.54, 1.807) is 0 Å². The first-order chi connectivity index (χ1) is 6.77. The Kier molecular flexibility index (Phi) is 5.01. The molecule has 0 aromatic rings. The first kappa shape index (κ1) is 16.7. The van der Waals surface area contributed by atoms with Crippen molar-refractivity contribution < 1.29 is 4.43 Å². The second kappa shape index (κ2) is 4.78. The predicted octanol–water partition coefficient (Wildman–Crippen LogP) is 3.04. The molecule has 98 valence electrons. The molecule has 4 heteroatoms. The second-order valence-electron chi connectivity index (χ2n) is 7.56. The standard InChI is InChI=1S/C12H30OSSi2/c1-10(2,3)9-12(14,16(6,7)8)11(4,5)13-15/h14H,9H2,1-8,15H3/t12-/m1/s1. The van der Waals surface area contributed by atoms with Gasteiger partial charge < -0.3 is 4.43 Å². The summed E-state index contributed by atoms with van der Waals surface area (Å²) in [5, 5.41) is 0. The van der Waals surface area contributed by atoms with Crippen LogP contribution >= 0.6 is 12.6 Å². The van der Waals surface area contributed by atoms with E-state index in [1.807, 2.05) is 0 Å². The summed E-state index contributed by atoms with van der Waals surface area (Å²) in [5.41, 5.74) is 0.166. The van der Waals surface area contributed by atoms with Crippen molar-refractivity contribution in [2.75, 3.05) is 0 Å². The van der Waals surface area contributed by atoms with Gasteiger partial charge in [-0.05, 0) is 25.7 Å². The monoisotopic (exact) mass is 278 g/mol. The van der Waals surface area contributed by atoms with E-state index in [2.05, 4.69) is 54.3 Å². The van der Waals surface area contributed by atoms with Gasteiger partial charge in [-0.1, -0.05) is 40.4 Å². The van der Waals surface area contributed by atoms with Gasteiger partial charge in [0, 0.05) is 4.37 Å². The molecule has 0 unspecified atom stereocenters. The normalized spacial score (nSPS) is 18.6. The molecule has 0 aliphatic rings. The Labute approximate surface area is 112 Å². The lowest BCUT2D eigenvalue weighted by atomic mass is 9.85. The van der Waals surface area contributed by atoms with E-state index < -0.39 is 8.07 Å². The summed E-state index contributed by atoms with van der Waals surface area (Å²) in [6, 6.07) is 0. The molecule has 0 saturated heterocycles. The minimum atomic E-state index is -1.42. The fourth-order valence-electron chi connectivity index (χ4n) is 2.32. The maximum Gasteiger partial charge on any atom is 0.146 e. The summed E-state index contributed by atoms with van der Waals surface area (Å²) in [6.07, 6.45) is 1.11. The van der Waals surface area contributed by atoms with E-state index >= 15 is 0 Å². The number of rotatable bonds is 4. The van der Waals surface area contributed by atoms with Crippen LogP contribution in [0.4, 0.5) is 0 Å². The smallest absolute Gasteiger partial charge is 0.146 e. The topological polar surface area (TPSA) is 9.23 Å². The van der Waals surface area contributed by atoms with Crippen molar-refractivity contribution >= 4 is 31.2 Å². The van der Waals surface area contributed by atoms with E-state index in [0.29, 0.717) is 5.41 Å². The Morgan fingerprint density at radius 3 is 1.62 bits per heavy atom. The second-order valence-corrected chi connectivity index (χ2v) is 14.5. The Bertz CT molecular complexity index is 240. The van der Waals surface area contributed by atoms with Crippen molar-refractivity contribution in [3.63, 3.8) is 0 Å². The molecule has 0 saturated carbocycles. The molecule has 0 aliphatic carbocycles. The molecular formula is C12H30OSSi2. The van der Waals surface area contributed by atoms with E-state index in [-0.39, 0.29) is 9.97 Å². The number of thiol groups is 1. The lowest BCUT2D eigenvalue weighted by molar-refractivity contribution is 0.0839. The molecule has 0 radical (unpaired) electrons. The fraction of sp³-hybridized carbons (Fsp3) is 1.00. The molecule has 0 aliphatic heterocycles. The van der Waals surface area contributed by atoms with Crippen LogP contribution in [-0.2, 0) is 4.43 Å². The quantitative estimate of drug-likeness (QED) is 0.614. The van der Waals surface area contributed by atoms with E-state index in [0.717, 1.165) is 16.9 Å². The zero-order valence-corrected chi connectivity index (χ0v) is 16.5. The molecule has 0 heterocycles. The average Bonchev–Trinajstić information content (AvgIpc) is 1.98.